The molecule has 22 heavy (non-hydrogen) atoms. The summed E-state index contributed by atoms with van der Waals surface area (Å²) in [5.41, 5.74) is 8.30. The van der Waals surface area contributed by atoms with Crippen molar-refractivity contribution in [3.8, 4) is 0 Å². The number of nitrogens with one attached hydrogen (secondary N) is 1. The number of hydrogen-bond donors (Lipinski definition) is 2. The Morgan fingerprint density at radius 2 is 2.18 bits per heavy atom. The molecule has 118 valence electrons. The number of carbonyl (C=O) groups is 2. The predicted molar refractivity (Wildman–Crippen MR) is 85.7 cm³/mol. The molecule has 5 nitrogen and oxygen atoms in total. The molecule has 2 heterocycles. The van der Waals surface area contributed by atoms with Gasteiger partial charge >= 0.3 is 0 Å². The number of fused-ring (bicyclic) bond motifs is 1. The van der Waals surface area contributed by atoms with Crippen molar-refractivity contribution in [2.45, 2.75) is 44.6 Å². The van der Waals surface area contributed by atoms with Crippen molar-refractivity contribution in [3.63, 3.8) is 0 Å². The molecule has 5 heteroatoms. The Kier molecular flexibility index (Phi) is 4.43. The zero-order valence-electron chi connectivity index (χ0n) is 12.8. The Balaban J connectivity index is 1.80. The number of nitrogens with zero attached hydrogens (tertiary/aromatic N) is 1. The van der Waals surface area contributed by atoms with Crippen LogP contribution in [0, 0.1) is 0 Å². The third-order valence-corrected chi connectivity index (χ3v) is 4.64. The topological polar surface area (TPSA) is 75.4 Å². The number of piperidine rings is 1. The minimum atomic E-state index is 0.0469. The predicted octanol–water partition coefficient (Wildman–Crippen LogP) is 1.91. The lowest BCUT2D eigenvalue weighted by atomic mass is 9.96. The molecule has 2 aliphatic heterocycles. The van der Waals surface area contributed by atoms with E-state index in [2.05, 4.69) is 5.32 Å². The van der Waals surface area contributed by atoms with Crippen molar-refractivity contribution in [1.29, 1.82) is 0 Å². The molecule has 0 bridgehead atoms. The second-order valence-corrected chi connectivity index (χ2v) is 6.15. The van der Waals surface area contributed by atoms with Crippen LogP contribution in [0.3, 0.4) is 0 Å². The highest BCUT2D eigenvalue weighted by atomic mass is 16.2. The van der Waals surface area contributed by atoms with Gasteiger partial charge in [0.25, 0.3) is 5.91 Å². The lowest BCUT2D eigenvalue weighted by molar-refractivity contribution is -0.116. The van der Waals surface area contributed by atoms with Crippen molar-refractivity contribution >= 4 is 17.5 Å². The van der Waals surface area contributed by atoms with Crippen LogP contribution in [-0.2, 0) is 11.2 Å². The van der Waals surface area contributed by atoms with Crippen LogP contribution in [0.2, 0.25) is 0 Å². The summed E-state index contributed by atoms with van der Waals surface area (Å²) in [5, 5.41) is 2.85. The molecule has 3 N–H and O–H groups in total. The number of likely N-dealkylation sites (tertiary alicyclic amines) is 1. The third-order valence-electron chi connectivity index (χ3n) is 4.64. The average molecular weight is 301 g/mol. The molecule has 3 rings (SSSR count). The van der Waals surface area contributed by atoms with Crippen LogP contribution in [0.4, 0.5) is 5.69 Å². The highest BCUT2D eigenvalue weighted by molar-refractivity contribution is 5.98. The summed E-state index contributed by atoms with van der Waals surface area (Å²) in [6.45, 7) is 1.43. The first-order valence-corrected chi connectivity index (χ1v) is 8.13. The monoisotopic (exact) mass is 301 g/mol. The summed E-state index contributed by atoms with van der Waals surface area (Å²) < 4.78 is 0. The Hall–Kier alpha value is -1.88. The van der Waals surface area contributed by atoms with E-state index in [1.807, 2.05) is 23.1 Å². The quantitative estimate of drug-likeness (QED) is 0.895. The third kappa shape index (κ3) is 2.99. The number of aryl methyl sites for hydroxylation is 1. The van der Waals surface area contributed by atoms with Crippen molar-refractivity contribution in [2.75, 3.05) is 18.4 Å². The number of anilines is 1. The summed E-state index contributed by atoms with van der Waals surface area (Å²) in [6, 6.07) is 5.87. The van der Waals surface area contributed by atoms with E-state index in [1.54, 1.807) is 0 Å². The SMILES string of the molecule is NCCC1CCCCN1C(=O)c1ccc2c(c1)CCC(=O)N2. The Morgan fingerprint density at radius 3 is 3.00 bits per heavy atom. The molecule has 1 aromatic carbocycles. The summed E-state index contributed by atoms with van der Waals surface area (Å²) in [7, 11) is 0. The number of benzene rings is 1. The minimum Gasteiger partial charge on any atom is -0.336 e. The van der Waals surface area contributed by atoms with Crippen molar-refractivity contribution in [1.82, 2.24) is 4.90 Å². The van der Waals surface area contributed by atoms with Gasteiger partial charge in [-0.3, -0.25) is 9.59 Å². The number of carbonyl (C=O) groups excluding carboxylic acids is 2. The lowest BCUT2D eigenvalue weighted by Gasteiger charge is -2.36. The highest BCUT2D eigenvalue weighted by Crippen LogP contribution is 2.26. The fourth-order valence-electron chi connectivity index (χ4n) is 3.44. The molecule has 0 aromatic heterocycles. The molecular formula is C17H23N3O2. The molecule has 2 aliphatic rings. The second-order valence-electron chi connectivity index (χ2n) is 6.15. The van der Waals surface area contributed by atoms with Crippen molar-refractivity contribution in [3.05, 3.63) is 29.3 Å². The highest BCUT2D eigenvalue weighted by Gasteiger charge is 2.27. The van der Waals surface area contributed by atoms with Gasteiger partial charge < -0.3 is 16.0 Å². The fourth-order valence-corrected chi connectivity index (χ4v) is 3.44. The summed E-state index contributed by atoms with van der Waals surface area (Å²) in [5.74, 6) is 0.142. The first-order chi connectivity index (χ1) is 10.7. The molecular weight excluding hydrogens is 278 g/mol. The van der Waals surface area contributed by atoms with Gasteiger partial charge in [0.15, 0.2) is 0 Å². The summed E-state index contributed by atoms with van der Waals surface area (Å²) in [4.78, 5) is 26.2. The molecule has 1 atom stereocenters. The molecule has 0 radical (unpaired) electrons. The fraction of sp³-hybridized carbons (Fsp3) is 0.529. The van der Waals surface area contributed by atoms with E-state index in [9.17, 15) is 9.59 Å². The normalized spacial score (nSPS) is 21.2. The molecule has 1 aromatic rings. The van der Waals surface area contributed by atoms with Gasteiger partial charge in [-0.25, -0.2) is 0 Å². The number of amides is 2. The number of rotatable bonds is 3. The van der Waals surface area contributed by atoms with Crippen LogP contribution in [0.1, 0.15) is 48.0 Å². The Labute approximate surface area is 130 Å². The lowest BCUT2D eigenvalue weighted by Crippen LogP contribution is -2.44. The van der Waals surface area contributed by atoms with E-state index >= 15 is 0 Å². The minimum absolute atomic E-state index is 0.0469. The maximum atomic E-state index is 12.8. The van der Waals surface area contributed by atoms with E-state index in [0.29, 0.717) is 19.4 Å². The molecule has 1 fully saturated rings. The van der Waals surface area contributed by atoms with Crippen LogP contribution in [0.15, 0.2) is 18.2 Å². The second kappa shape index (κ2) is 6.48. The number of hydrogen-bond acceptors (Lipinski definition) is 3. The average Bonchev–Trinajstić information content (AvgIpc) is 2.54. The molecule has 1 saturated heterocycles. The molecule has 0 spiro atoms. The van der Waals surface area contributed by atoms with E-state index in [0.717, 1.165) is 42.6 Å². The van der Waals surface area contributed by atoms with Gasteiger partial charge in [0.2, 0.25) is 5.91 Å². The molecule has 1 unspecified atom stereocenters. The van der Waals surface area contributed by atoms with E-state index in [1.165, 1.54) is 6.42 Å². The van der Waals surface area contributed by atoms with Crippen molar-refractivity contribution < 1.29 is 9.59 Å². The van der Waals surface area contributed by atoms with E-state index in [-0.39, 0.29) is 17.9 Å². The van der Waals surface area contributed by atoms with Gasteiger partial charge in [-0.2, -0.15) is 0 Å². The molecule has 0 saturated carbocycles. The zero-order chi connectivity index (χ0) is 15.5. The Morgan fingerprint density at radius 1 is 1.32 bits per heavy atom. The number of nitrogens with two attached hydrogens (primary N) is 1. The van der Waals surface area contributed by atoms with Gasteiger partial charge in [-0.05, 0) is 62.4 Å². The first kappa shape index (κ1) is 15.0. The largest absolute Gasteiger partial charge is 0.336 e. The summed E-state index contributed by atoms with van der Waals surface area (Å²) in [6.07, 6.45) is 5.34. The van der Waals surface area contributed by atoms with Crippen molar-refractivity contribution in [2.24, 2.45) is 5.73 Å². The van der Waals surface area contributed by atoms with Gasteiger partial charge in [0.05, 0.1) is 0 Å². The standard InChI is InChI=1S/C17H23N3O2/c18-9-8-14-3-1-2-10-20(14)17(22)13-4-6-15-12(11-13)5-7-16(21)19-15/h4,6,11,14H,1-3,5,7-10,18H2,(H,19,21). The molecule has 2 amide bonds. The maximum absolute atomic E-state index is 12.8. The van der Waals surface area contributed by atoms with E-state index in [4.69, 9.17) is 5.73 Å². The Bertz CT molecular complexity index is 583. The van der Waals surface area contributed by atoms with Gasteiger partial charge in [0.1, 0.15) is 0 Å². The molecule has 0 aliphatic carbocycles. The smallest absolute Gasteiger partial charge is 0.254 e. The van der Waals surface area contributed by atoms with Gasteiger partial charge in [-0.15, -0.1) is 0 Å². The van der Waals surface area contributed by atoms with Crippen LogP contribution in [0.25, 0.3) is 0 Å². The van der Waals surface area contributed by atoms with Crippen LogP contribution >= 0.6 is 0 Å². The van der Waals surface area contributed by atoms with E-state index < -0.39 is 0 Å². The maximum Gasteiger partial charge on any atom is 0.254 e. The van der Waals surface area contributed by atoms with Crippen LogP contribution < -0.4 is 11.1 Å². The van der Waals surface area contributed by atoms with Crippen LogP contribution in [-0.4, -0.2) is 35.8 Å². The zero-order valence-corrected chi connectivity index (χ0v) is 12.8. The summed E-state index contributed by atoms with van der Waals surface area (Å²) >= 11 is 0. The first-order valence-electron chi connectivity index (χ1n) is 8.13. The van der Waals surface area contributed by atoms with Gasteiger partial charge in [-0.1, -0.05) is 0 Å². The van der Waals surface area contributed by atoms with Crippen LogP contribution in [0.5, 0.6) is 0 Å². The van der Waals surface area contributed by atoms with Gasteiger partial charge in [0, 0.05) is 30.3 Å².